The lowest BCUT2D eigenvalue weighted by atomic mass is 10.0. The van der Waals surface area contributed by atoms with Crippen LogP contribution in [-0.2, 0) is 4.79 Å². The van der Waals surface area contributed by atoms with Crippen molar-refractivity contribution in [2.24, 2.45) is 5.92 Å². The van der Waals surface area contributed by atoms with E-state index in [1.165, 1.54) is 0 Å². The van der Waals surface area contributed by atoms with Crippen molar-refractivity contribution in [1.82, 2.24) is 9.80 Å². The highest BCUT2D eigenvalue weighted by Gasteiger charge is 2.28. The fraction of sp³-hybridized carbons (Fsp3) is 0.909. The van der Waals surface area contributed by atoms with Crippen LogP contribution in [0.2, 0.25) is 0 Å². The van der Waals surface area contributed by atoms with Gasteiger partial charge in [0.1, 0.15) is 0 Å². The fourth-order valence-corrected chi connectivity index (χ4v) is 2.00. The molecule has 1 aliphatic heterocycles. The second-order valence-corrected chi connectivity index (χ2v) is 4.69. The van der Waals surface area contributed by atoms with Gasteiger partial charge >= 0.3 is 0 Å². The molecular weight excluding hydrogens is 176 g/mol. The average Bonchev–Trinajstić information content (AvgIpc) is 2.63. The van der Waals surface area contributed by atoms with Crippen LogP contribution in [0.1, 0.15) is 27.2 Å². The molecule has 1 aliphatic rings. The van der Waals surface area contributed by atoms with Gasteiger partial charge in [-0.1, -0.05) is 13.8 Å². The third kappa shape index (κ3) is 2.47. The maximum Gasteiger partial charge on any atom is 0.209 e. The van der Waals surface area contributed by atoms with Crippen molar-refractivity contribution in [1.29, 1.82) is 0 Å². The molecule has 0 aliphatic carbocycles. The summed E-state index contributed by atoms with van der Waals surface area (Å²) < 4.78 is 0. The number of hydrogen-bond donors (Lipinski definition) is 0. The molecule has 1 amide bonds. The predicted molar refractivity (Wildman–Crippen MR) is 58.1 cm³/mol. The Labute approximate surface area is 87.1 Å². The minimum absolute atomic E-state index is 0.553. The number of amides is 1. The van der Waals surface area contributed by atoms with Crippen molar-refractivity contribution in [3.8, 4) is 0 Å². The quantitative estimate of drug-likeness (QED) is 0.634. The summed E-state index contributed by atoms with van der Waals surface area (Å²) in [4.78, 5) is 14.9. The van der Waals surface area contributed by atoms with Crippen LogP contribution in [0.25, 0.3) is 0 Å². The molecule has 0 aromatic rings. The summed E-state index contributed by atoms with van der Waals surface area (Å²) >= 11 is 0. The van der Waals surface area contributed by atoms with Crippen LogP contribution in [0.4, 0.5) is 0 Å². The first-order chi connectivity index (χ1) is 6.56. The molecule has 1 fully saturated rings. The number of rotatable bonds is 4. The Hall–Kier alpha value is -0.570. The molecule has 0 saturated carbocycles. The Bertz CT molecular complexity index is 194. The van der Waals surface area contributed by atoms with Gasteiger partial charge in [0.2, 0.25) is 6.41 Å². The Kier molecular flexibility index (Phi) is 3.93. The largest absolute Gasteiger partial charge is 0.344 e. The summed E-state index contributed by atoms with van der Waals surface area (Å²) in [6.07, 6.45) is 2.08. The van der Waals surface area contributed by atoms with Gasteiger partial charge in [0, 0.05) is 25.2 Å². The normalized spacial score (nSPS) is 24.7. The van der Waals surface area contributed by atoms with E-state index in [-0.39, 0.29) is 0 Å². The van der Waals surface area contributed by atoms with E-state index in [2.05, 4.69) is 32.7 Å². The van der Waals surface area contributed by atoms with E-state index in [4.69, 9.17) is 0 Å². The number of nitrogens with zero attached hydrogens (tertiary/aromatic N) is 2. The molecule has 3 nitrogen and oxygen atoms in total. The third-order valence-corrected chi connectivity index (χ3v) is 3.53. The van der Waals surface area contributed by atoms with Crippen molar-refractivity contribution < 1.29 is 4.79 Å². The van der Waals surface area contributed by atoms with E-state index in [1.807, 2.05) is 4.90 Å². The second kappa shape index (κ2) is 4.78. The van der Waals surface area contributed by atoms with Crippen LogP contribution < -0.4 is 0 Å². The lowest BCUT2D eigenvalue weighted by molar-refractivity contribution is -0.117. The molecule has 0 aromatic carbocycles. The maximum absolute atomic E-state index is 10.6. The van der Waals surface area contributed by atoms with E-state index < -0.39 is 0 Å². The molecule has 0 radical (unpaired) electrons. The summed E-state index contributed by atoms with van der Waals surface area (Å²) in [7, 11) is 2.17. The molecule has 82 valence electrons. The Morgan fingerprint density at radius 2 is 2.07 bits per heavy atom. The van der Waals surface area contributed by atoms with Crippen LogP contribution in [0.3, 0.4) is 0 Å². The van der Waals surface area contributed by atoms with Gasteiger partial charge in [0.05, 0.1) is 0 Å². The summed E-state index contributed by atoms with van der Waals surface area (Å²) in [5, 5.41) is 0. The average molecular weight is 198 g/mol. The Balaban J connectivity index is 2.46. The zero-order valence-electron chi connectivity index (χ0n) is 9.73. The van der Waals surface area contributed by atoms with E-state index in [0.29, 0.717) is 18.0 Å². The standard InChI is InChI=1S/C11H22N2O/c1-9(2)10(3)12(4)11-5-6-13(7-11)8-14/h8-11H,5-7H2,1-4H3. The molecule has 2 atom stereocenters. The SMILES string of the molecule is CC(C)C(C)N(C)C1CCN(C=O)C1. The van der Waals surface area contributed by atoms with Crippen molar-refractivity contribution in [2.75, 3.05) is 20.1 Å². The summed E-state index contributed by atoms with van der Waals surface area (Å²) in [5.74, 6) is 0.672. The van der Waals surface area contributed by atoms with Crippen molar-refractivity contribution >= 4 is 6.41 Å². The zero-order valence-corrected chi connectivity index (χ0v) is 9.73. The first-order valence-corrected chi connectivity index (χ1v) is 5.47. The monoisotopic (exact) mass is 198 g/mol. The summed E-state index contributed by atoms with van der Waals surface area (Å²) in [6, 6.07) is 1.14. The van der Waals surface area contributed by atoms with E-state index in [1.54, 1.807) is 0 Å². The summed E-state index contributed by atoms with van der Waals surface area (Å²) in [5.41, 5.74) is 0. The van der Waals surface area contributed by atoms with Gasteiger partial charge in [-0.3, -0.25) is 9.69 Å². The van der Waals surface area contributed by atoms with E-state index in [0.717, 1.165) is 25.9 Å². The molecule has 0 N–H and O–H groups in total. The van der Waals surface area contributed by atoms with Crippen molar-refractivity contribution in [3.63, 3.8) is 0 Å². The van der Waals surface area contributed by atoms with Gasteiger partial charge in [-0.2, -0.15) is 0 Å². The van der Waals surface area contributed by atoms with Crippen LogP contribution in [0.5, 0.6) is 0 Å². The molecule has 0 spiro atoms. The first kappa shape index (κ1) is 11.5. The number of likely N-dealkylation sites (tertiary alicyclic amines) is 1. The van der Waals surface area contributed by atoms with Gasteiger partial charge in [-0.25, -0.2) is 0 Å². The molecule has 1 saturated heterocycles. The third-order valence-electron chi connectivity index (χ3n) is 3.53. The molecule has 0 bridgehead atoms. The van der Waals surface area contributed by atoms with Gasteiger partial charge < -0.3 is 4.90 Å². The van der Waals surface area contributed by atoms with Gasteiger partial charge in [-0.15, -0.1) is 0 Å². The lowest BCUT2D eigenvalue weighted by Gasteiger charge is -2.32. The van der Waals surface area contributed by atoms with Crippen LogP contribution in [0, 0.1) is 5.92 Å². The Morgan fingerprint density at radius 3 is 2.50 bits per heavy atom. The lowest BCUT2D eigenvalue weighted by Crippen LogP contribution is -2.42. The highest BCUT2D eigenvalue weighted by molar-refractivity contribution is 5.47. The smallest absolute Gasteiger partial charge is 0.209 e. The molecule has 1 heterocycles. The molecule has 1 rings (SSSR count). The van der Waals surface area contributed by atoms with Crippen molar-refractivity contribution in [3.05, 3.63) is 0 Å². The minimum atomic E-state index is 0.553. The minimum Gasteiger partial charge on any atom is -0.344 e. The number of hydrogen-bond acceptors (Lipinski definition) is 2. The maximum atomic E-state index is 10.6. The molecule has 3 heteroatoms. The van der Waals surface area contributed by atoms with Gasteiger partial charge in [0.25, 0.3) is 0 Å². The van der Waals surface area contributed by atoms with Crippen LogP contribution in [0.15, 0.2) is 0 Å². The van der Waals surface area contributed by atoms with Gasteiger partial charge in [0.15, 0.2) is 0 Å². The zero-order chi connectivity index (χ0) is 10.7. The number of carbonyl (C=O) groups is 1. The molecule has 14 heavy (non-hydrogen) atoms. The second-order valence-electron chi connectivity index (χ2n) is 4.69. The predicted octanol–water partition coefficient (Wildman–Crippen LogP) is 1.19. The molecular formula is C11H22N2O. The fourth-order valence-electron chi connectivity index (χ4n) is 2.00. The van der Waals surface area contributed by atoms with E-state index in [9.17, 15) is 4.79 Å². The van der Waals surface area contributed by atoms with Crippen molar-refractivity contribution in [2.45, 2.75) is 39.3 Å². The number of likely N-dealkylation sites (N-methyl/N-ethyl adjacent to an activating group) is 1. The highest BCUT2D eigenvalue weighted by atomic mass is 16.1. The van der Waals surface area contributed by atoms with E-state index >= 15 is 0 Å². The van der Waals surface area contributed by atoms with Gasteiger partial charge in [-0.05, 0) is 26.3 Å². The summed E-state index contributed by atoms with van der Waals surface area (Å²) in [6.45, 7) is 8.57. The highest BCUT2D eigenvalue weighted by Crippen LogP contribution is 2.18. The number of carbonyl (C=O) groups excluding carboxylic acids is 1. The van der Waals surface area contributed by atoms with Crippen LogP contribution in [-0.4, -0.2) is 48.4 Å². The Morgan fingerprint density at radius 1 is 1.43 bits per heavy atom. The van der Waals surface area contributed by atoms with Crippen LogP contribution >= 0.6 is 0 Å². The molecule has 2 unspecified atom stereocenters. The first-order valence-electron chi connectivity index (χ1n) is 5.47. The topological polar surface area (TPSA) is 23.6 Å². The molecule has 0 aromatic heterocycles.